The minimum absolute atomic E-state index is 0.0567. The van der Waals surface area contributed by atoms with Crippen LogP contribution in [-0.2, 0) is 6.42 Å². The number of carboxylic acids is 1. The van der Waals surface area contributed by atoms with Gasteiger partial charge >= 0.3 is 5.97 Å². The molecule has 1 aromatic heterocycles. The number of hydrogen-bond donors (Lipinski definition) is 1. The highest BCUT2D eigenvalue weighted by Crippen LogP contribution is 2.41. The zero-order chi connectivity index (χ0) is 11.7. The summed E-state index contributed by atoms with van der Waals surface area (Å²) in [6.07, 6.45) is 3.78. The van der Waals surface area contributed by atoms with Crippen LogP contribution in [0.4, 0.5) is 0 Å². The molecule has 4 nitrogen and oxygen atoms in total. The maximum atomic E-state index is 11.0. The Morgan fingerprint density at radius 1 is 1.56 bits per heavy atom. The van der Waals surface area contributed by atoms with E-state index in [9.17, 15) is 4.79 Å². The number of aromatic nitrogens is 1. The van der Waals surface area contributed by atoms with Gasteiger partial charge in [-0.05, 0) is 25.2 Å². The third-order valence-electron chi connectivity index (χ3n) is 2.79. The van der Waals surface area contributed by atoms with Crippen molar-refractivity contribution in [3.63, 3.8) is 0 Å². The topological polar surface area (TPSA) is 63.3 Å². The highest BCUT2D eigenvalue weighted by molar-refractivity contribution is 5.85. The zero-order valence-corrected chi connectivity index (χ0v) is 9.69. The molecule has 0 saturated heterocycles. The number of carboxylic acid groups (broad SMARTS) is 1. The number of nitrogens with zero attached hydrogens (tertiary/aromatic N) is 1. The van der Waals surface area contributed by atoms with Crippen molar-refractivity contribution in [2.45, 2.75) is 45.4 Å². The van der Waals surface area contributed by atoms with Gasteiger partial charge in [-0.2, -0.15) is 0 Å². The lowest BCUT2D eigenvalue weighted by Crippen LogP contribution is -1.98. The lowest BCUT2D eigenvalue weighted by molar-refractivity contribution is 0.0658. The van der Waals surface area contributed by atoms with E-state index in [1.54, 1.807) is 0 Å². The Bertz CT molecular complexity index is 391. The fourth-order valence-electron chi connectivity index (χ4n) is 1.68. The molecule has 1 fully saturated rings. The first kappa shape index (κ1) is 11.2. The van der Waals surface area contributed by atoms with Crippen LogP contribution < -0.4 is 0 Å². The summed E-state index contributed by atoms with van der Waals surface area (Å²) in [6, 6.07) is 0. The van der Waals surface area contributed by atoms with Crippen molar-refractivity contribution in [2.75, 3.05) is 0 Å². The first-order chi connectivity index (χ1) is 7.58. The average Bonchev–Trinajstić information content (AvgIpc) is 2.95. The van der Waals surface area contributed by atoms with Crippen molar-refractivity contribution in [3.8, 4) is 0 Å². The number of oxazole rings is 1. The summed E-state index contributed by atoms with van der Waals surface area (Å²) in [6.45, 7) is 4.26. The van der Waals surface area contributed by atoms with Crippen LogP contribution in [0.5, 0.6) is 0 Å². The third kappa shape index (κ3) is 2.43. The van der Waals surface area contributed by atoms with Gasteiger partial charge in [-0.3, -0.25) is 0 Å². The molecule has 0 spiro atoms. The first-order valence-corrected chi connectivity index (χ1v) is 5.80. The molecule has 0 radical (unpaired) electrons. The van der Waals surface area contributed by atoms with Gasteiger partial charge in [0.05, 0.1) is 5.69 Å². The Balaban J connectivity index is 2.14. The van der Waals surface area contributed by atoms with Crippen molar-refractivity contribution in [2.24, 2.45) is 5.92 Å². The highest BCUT2D eigenvalue weighted by Gasteiger charge is 2.33. The van der Waals surface area contributed by atoms with E-state index in [0.717, 1.165) is 25.7 Å². The summed E-state index contributed by atoms with van der Waals surface area (Å²) in [4.78, 5) is 15.3. The van der Waals surface area contributed by atoms with Crippen LogP contribution in [0, 0.1) is 5.92 Å². The Kier molecular flexibility index (Phi) is 2.99. The van der Waals surface area contributed by atoms with Gasteiger partial charge in [-0.1, -0.05) is 13.8 Å². The molecule has 1 heterocycles. The van der Waals surface area contributed by atoms with Gasteiger partial charge in [0.1, 0.15) is 0 Å². The van der Waals surface area contributed by atoms with Crippen LogP contribution in [0.15, 0.2) is 4.42 Å². The molecule has 0 amide bonds. The van der Waals surface area contributed by atoms with Gasteiger partial charge in [0.25, 0.3) is 0 Å². The molecule has 1 saturated carbocycles. The van der Waals surface area contributed by atoms with Crippen LogP contribution in [0.25, 0.3) is 0 Å². The SMILES string of the molecule is CC(C)CCc1nc(C2CC2)c(C(=O)O)o1. The maximum Gasteiger partial charge on any atom is 0.373 e. The molecule has 0 bridgehead atoms. The lowest BCUT2D eigenvalue weighted by Gasteiger charge is -1.99. The lowest BCUT2D eigenvalue weighted by atomic mass is 10.1. The fourth-order valence-corrected chi connectivity index (χ4v) is 1.68. The number of hydrogen-bond acceptors (Lipinski definition) is 3. The molecule has 0 aliphatic heterocycles. The van der Waals surface area contributed by atoms with Crippen LogP contribution in [0.2, 0.25) is 0 Å². The summed E-state index contributed by atoms with van der Waals surface area (Å²) >= 11 is 0. The number of aromatic carboxylic acids is 1. The maximum absolute atomic E-state index is 11.0. The molecule has 2 rings (SSSR count). The van der Waals surface area contributed by atoms with Crippen molar-refractivity contribution in [3.05, 3.63) is 17.3 Å². The van der Waals surface area contributed by atoms with Gasteiger partial charge < -0.3 is 9.52 Å². The summed E-state index contributed by atoms with van der Waals surface area (Å²) in [5.41, 5.74) is 0.659. The second kappa shape index (κ2) is 4.28. The minimum atomic E-state index is -0.995. The van der Waals surface area contributed by atoms with Gasteiger partial charge in [-0.25, -0.2) is 9.78 Å². The van der Waals surface area contributed by atoms with Crippen molar-refractivity contribution in [1.82, 2.24) is 4.98 Å². The smallest absolute Gasteiger partial charge is 0.373 e. The summed E-state index contributed by atoms with van der Waals surface area (Å²) in [7, 11) is 0. The molecule has 16 heavy (non-hydrogen) atoms. The van der Waals surface area contributed by atoms with E-state index in [4.69, 9.17) is 9.52 Å². The monoisotopic (exact) mass is 223 g/mol. The van der Waals surface area contributed by atoms with E-state index in [0.29, 0.717) is 23.4 Å². The van der Waals surface area contributed by atoms with Crippen molar-refractivity contribution >= 4 is 5.97 Å². The van der Waals surface area contributed by atoms with Crippen molar-refractivity contribution in [1.29, 1.82) is 0 Å². The van der Waals surface area contributed by atoms with E-state index in [2.05, 4.69) is 18.8 Å². The normalized spacial score (nSPS) is 15.7. The largest absolute Gasteiger partial charge is 0.475 e. The Labute approximate surface area is 94.7 Å². The Morgan fingerprint density at radius 2 is 2.25 bits per heavy atom. The Hall–Kier alpha value is -1.32. The molecule has 0 unspecified atom stereocenters. The van der Waals surface area contributed by atoms with E-state index < -0.39 is 5.97 Å². The van der Waals surface area contributed by atoms with Gasteiger partial charge in [0.15, 0.2) is 5.89 Å². The van der Waals surface area contributed by atoms with Gasteiger partial charge in [0.2, 0.25) is 5.76 Å². The molecule has 0 atom stereocenters. The highest BCUT2D eigenvalue weighted by atomic mass is 16.4. The quantitative estimate of drug-likeness (QED) is 0.833. The molecule has 1 aliphatic carbocycles. The predicted octanol–water partition coefficient (Wildman–Crippen LogP) is 2.84. The Morgan fingerprint density at radius 3 is 2.75 bits per heavy atom. The molecule has 1 aliphatic rings. The number of aryl methyl sites for hydroxylation is 1. The van der Waals surface area contributed by atoms with Gasteiger partial charge in [-0.15, -0.1) is 0 Å². The summed E-state index contributed by atoms with van der Waals surface area (Å²) in [5, 5.41) is 9.00. The van der Waals surface area contributed by atoms with Crippen LogP contribution in [-0.4, -0.2) is 16.1 Å². The third-order valence-corrected chi connectivity index (χ3v) is 2.79. The number of rotatable bonds is 5. The summed E-state index contributed by atoms with van der Waals surface area (Å²) in [5.74, 6) is 0.534. The molecular weight excluding hydrogens is 206 g/mol. The number of carbonyl (C=O) groups is 1. The second-order valence-corrected chi connectivity index (χ2v) is 4.83. The summed E-state index contributed by atoms with van der Waals surface area (Å²) < 4.78 is 5.32. The standard InChI is InChI=1S/C12H17NO3/c1-7(2)3-6-9-13-10(8-4-5-8)11(16-9)12(14)15/h7-8H,3-6H2,1-2H3,(H,14,15). The van der Waals surface area contributed by atoms with Crippen molar-refractivity contribution < 1.29 is 14.3 Å². The van der Waals surface area contributed by atoms with E-state index in [-0.39, 0.29) is 5.76 Å². The molecule has 88 valence electrons. The second-order valence-electron chi connectivity index (χ2n) is 4.83. The zero-order valence-electron chi connectivity index (χ0n) is 9.69. The molecule has 0 aromatic carbocycles. The van der Waals surface area contributed by atoms with Crippen LogP contribution >= 0.6 is 0 Å². The predicted molar refractivity (Wildman–Crippen MR) is 58.6 cm³/mol. The van der Waals surface area contributed by atoms with Gasteiger partial charge in [0, 0.05) is 12.3 Å². The molecule has 1 aromatic rings. The molecular formula is C12H17NO3. The minimum Gasteiger partial charge on any atom is -0.475 e. The van der Waals surface area contributed by atoms with E-state index in [1.165, 1.54) is 0 Å². The molecule has 1 N–H and O–H groups in total. The van der Waals surface area contributed by atoms with Crippen LogP contribution in [0.3, 0.4) is 0 Å². The van der Waals surface area contributed by atoms with E-state index in [1.807, 2.05) is 0 Å². The molecule has 4 heteroatoms. The fraction of sp³-hybridized carbons (Fsp3) is 0.667. The van der Waals surface area contributed by atoms with Crippen LogP contribution in [0.1, 0.15) is 61.2 Å². The average molecular weight is 223 g/mol. The van der Waals surface area contributed by atoms with E-state index >= 15 is 0 Å². The first-order valence-electron chi connectivity index (χ1n) is 5.80.